The van der Waals surface area contributed by atoms with Gasteiger partial charge in [-0.1, -0.05) is 0 Å². The predicted octanol–water partition coefficient (Wildman–Crippen LogP) is 1.07. The molecule has 1 aliphatic heterocycles. The van der Waals surface area contributed by atoms with E-state index in [9.17, 15) is 0 Å². The quantitative estimate of drug-likeness (QED) is 0.484. The Morgan fingerprint density at radius 3 is 2.73 bits per heavy atom. The molecular formula is C7H13NO3. The van der Waals surface area contributed by atoms with Crippen LogP contribution >= 0.6 is 0 Å². The minimum absolute atomic E-state index is 0.161. The minimum Gasteiger partial charge on any atom is -0.473 e. The maximum Gasteiger partial charge on any atom is 0.181 e. The maximum atomic E-state index is 8.21. The Kier molecular flexibility index (Phi) is 2.15. The van der Waals surface area contributed by atoms with Crippen LogP contribution in [0.5, 0.6) is 0 Å². The van der Waals surface area contributed by atoms with Gasteiger partial charge in [-0.05, 0) is 13.8 Å². The summed E-state index contributed by atoms with van der Waals surface area (Å²) in [5, 5.41) is 8.21. The summed E-state index contributed by atoms with van der Waals surface area (Å²) in [5.41, 5.74) is -0.285. The van der Waals surface area contributed by atoms with E-state index in [-0.39, 0.29) is 18.2 Å². The van der Waals surface area contributed by atoms with Gasteiger partial charge < -0.3 is 4.74 Å². The zero-order chi connectivity index (χ0) is 8.48. The molecule has 0 fully saturated rings. The monoisotopic (exact) mass is 159 g/mol. The van der Waals surface area contributed by atoms with Gasteiger partial charge in [0, 0.05) is 6.92 Å². The molecule has 0 bridgehead atoms. The molecule has 4 nitrogen and oxygen atoms in total. The van der Waals surface area contributed by atoms with Crippen molar-refractivity contribution in [1.29, 1.82) is 0 Å². The second-order valence-electron chi connectivity index (χ2n) is 3.19. The zero-order valence-corrected chi connectivity index (χ0v) is 7.00. The van der Waals surface area contributed by atoms with Gasteiger partial charge in [0.05, 0.1) is 5.54 Å². The predicted molar refractivity (Wildman–Crippen MR) is 40.6 cm³/mol. The topological polar surface area (TPSA) is 51.0 Å². The number of nitrogens with zero attached hydrogens (tertiary/aromatic N) is 1. The molecule has 1 aliphatic rings. The molecule has 1 atom stereocenters. The summed E-state index contributed by atoms with van der Waals surface area (Å²) in [7, 11) is 0. The van der Waals surface area contributed by atoms with Crippen LogP contribution in [0.2, 0.25) is 0 Å². The third-order valence-corrected chi connectivity index (χ3v) is 1.77. The van der Waals surface area contributed by atoms with Crippen LogP contribution in [0.3, 0.4) is 0 Å². The van der Waals surface area contributed by atoms with E-state index >= 15 is 0 Å². The molecule has 0 radical (unpaired) electrons. The number of ether oxygens (including phenoxy) is 1. The van der Waals surface area contributed by atoms with Gasteiger partial charge in [0.25, 0.3) is 0 Å². The van der Waals surface area contributed by atoms with Crippen LogP contribution in [-0.2, 0) is 9.62 Å². The summed E-state index contributed by atoms with van der Waals surface area (Å²) in [6.45, 7) is 5.83. The lowest BCUT2D eigenvalue weighted by atomic mass is 10.00. The van der Waals surface area contributed by atoms with E-state index in [0.717, 1.165) is 0 Å². The van der Waals surface area contributed by atoms with Gasteiger partial charge in [0.1, 0.15) is 6.61 Å². The zero-order valence-electron chi connectivity index (χ0n) is 7.00. The first-order chi connectivity index (χ1) is 5.06. The van der Waals surface area contributed by atoms with Crippen molar-refractivity contribution in [3.8, 4) is 0 Å². The molecule has 0 amide bonds. The van der Waals surface area contributed by atoms with E-state index < -0.39 is 0 Å². The van der Waals surface area contributed by atoms with E-state index in [1.807, 2.05) is 13.8 Å². The van der Waals surface area contributed by atoms with Crippen LogP contribution < -0.4 is 0 Å². The normalized spacial score (nSPS) is 28.0. The number of hydrogen-bond acceptors (Lipinski definition) is 4. The summed E-state index contributed by atoms with van der Waals surface area (Å²) in [6, 6.07) is 0. The molecule has 1 heterocycles. The molecule has 0 spiro atoms. The SMILES string of the molecule is CC1=NC(C)(C)C(COO)O1. The van der Waals surface area contributed by atoms with Gasteiger partial charge in [-0.2, -0.15) is 0 Å². The molecule has 0 aromatic heterocycles. The fourth-order valence-corrected chi connectivity index (χ4v) is 1.16. The van der Waals surface area contributed by atoms with E-state index in [2.05, 4.69) is 9.88 Å². The minimum atomic E-state index is -0.285. The van der Waals surface area contributed by atoms with Gasteiger partial charge in [-0.3, -0.25) is 5.26 Å². The molecular weight excluding hydrogens is 146 g/mol. The van der Waals surface area contributed by atoms with Gasteiger partial charge in [-0.15, -0.1) is 0 Å². The highest BCUT2D eigenvalue weighted by molar-refractivity contribution is 5.75. The summed E-state index contributed by atoms with van der Waals surface area (Å²) in [6.07, 6.45) is -0.174. The highest BCUT2D eigenvalue weighted by Gasteiger charge is 2.36. The molecule has 4 heteroatoms. The number of rotatable bonds is 2. The van der Waals surface area contributed by atoms with Crippen LogP contribution in [0, 0.1) is 0 Å². The lowest BCUT2D eigenvalue weighted by Crippen LogP contribution is -2.35. The highest BCUT2D eigenvalue weighted by Crippen LogP contribution is 2.24. The van der Waals surface area contributed by atoms with Crippen LogP contribution in [0.1, 0.15) is 20.8 Å². The van der Waals surface area contributed by atoms with Crippen molar-refractivity contribution in [3.05, 3.63) is 0 Å². The molecule has 0 saturated heterocycles. The Bertz CT molecular complexity index is 177. The smallest absolute Gasteiger partial charge is 0.181 e. The first kappa shape index (κ1) is 8.49. The van der Waals surface area contributed by atoms with Gasteiger partial charge in [0.15, 0.2) is 12.0 Å². The Hall–Kier alpha value is -0.610. The van der Waals surface area contributed by atoms with E-state index in [0.29, 0.717) is 5.90 Å². The lowest BCUT2D eigenvalue weighted by Gasteiger charge is -2.21. The Morgan fingerprint density at radius 1 is 1.73 bits per heavy atom. The molecule has 1 unspecified atom stereocenters. The van der Waals surface area contributed by atoms with Crippen molar-refractivity contribution in [2.24, 2.45) is 4.99 Å². The molecule has 1 rings (SSSR count). The first-order valence-corrected chi connectivity index (χ1v) is 3.56. The van der Waals surface area contributed by atoms with Crippen molar-refractivity contribution < 1.29 is 14.9 Å². The number of aliphatic imine (C=N–C) groups is 1. The Labute approximate surface area is 65.8 Å². The van der Waals surface area contributed by atoms with Gasteiger partial charge >= 0.3 is 0 Å². The van der Waals surface area contributed by atoms with Crippen LogP contribution in [-0.4, -0.2) is 29.4 Å². The second-order valence-corrected chi connectivity index (χ2v) is 3.19. The van der Waals surface area contributed by atoms with E-state index in [4.69, 9.17) is 9.99 Å². The first-order valence-electron chi connectivity index (χ1n) is 3.56. The molecule has 64 valence electrons. The second kappa shape index (κ2) is 2.79. The molecule has 0 aromatic rings. The molecule has 1 N–H and O–H groups in total. The highest BCUT2D eigenvalue weighted by atomic mass is 17.1. The van der Waals surface area contributed by atoms with Crippen LogP contribution in [0.25, 0.3) is 0 Å². The van der Waals surface area contributed by atoms with Gasteiger partial charge in [-0.25, -0.2) is 9.88 Å². The van der Waals surface area contributed by atoms with E-state index in [1.165, 1.54) is 0 Å². The van der Waals surface area contributed by atoms with Crippen molar-refractivity contribution >= 4 is 5.90 Å². The van der Waals surface area contributed by atoms with Gasteiger partial charge in [0.2, 0.25) is 0 Å². The fourth-order valence-electron chi connectivity index (χ4n) is 1.16. The lowest BCUT2D eigenvalue weighted by molar-refractivity contribution is -0.257. The van der Waals surface area contributed by atoms with Crippen molar-refractivity contribution in [3.63, 3.8) is 0 Å². The summed E-state index contributed by atoms with van der Waals surface area (Å²) >= 11 is 0. The molecule has 0 aromatic carbocycles. The Balaban J connectivity index is 2.60. The number of hydrogen-bond donors (Lipinski definition) is 1. The standard InChI is InChI=1S/C7H13NO3/c1-5-8-7(2,3)6(11-5)4-10-9/h6,9H,4H2,1-3H3. The maximum absolute atomic E-state index is 8.21. The summed E-state index contributed by atoms with van der Waals surface area (Å²) in [5.74, 6) is 0.650. The largest absolute Gasteiger partial charge is 0.473 e. The Morgan fingerprint density at radius 2 is 2.36 bits per heavy atom. The van der Waals surface area contributed by atoms with Crippen LogP contribution in [0.15, 0.2) is 4.99 Å². The average Bonchev–Trinajstić information content (AvgIpc) is 2.07. The van der Waals surface area contributed by atoms with E-state index in [1.54, 1.807) is 6.92 Å². The third kappa shape index (κ3) is 1.70. The average molecular weight is 159 g/mol. The summed E-state index contributed by atoms with van der Waals surface area (Å²) in [4.78, 5) is 8.24. The molecule has 0 saturated carbocycles. The van der Waals surface area contributed by atoms with Crippen molar-refractivity contribution in [2.45, 2.75) is 32.4 Å². The van der Waals surface area contributed by atoms with Crippen molar-refractivity contribution in [1.82, 2.24) is 0 Å². The van der Waals surface area contributed by atoms with Crippen molar-refractivity contribution in [2.75, 3.05) is 6.61 Å². The fraction of sp³-hybridized carbons (Fsp3) is 0.857. The molecule has 0 aliphatic carbocycles. The third-order valence-electron chi connectivity index (χ3n) is 1.77. The molecule has 11 heavy (non-hydrogen) atoms. The van der Waals surface area contributed by atoms with Crippen LogP contribution in [0.4, 0.5) is 0 Å². The summed E-state index contributed by atoms with van der Waals surface area (Å²) < 4.78 is 5.28.